The second-order valence-electron chi connectivity index (χ2n) is 4.05. The van der Waals surface area contributed by atoms with Gasteiger partial charge in [0.05, 0.1) is 7.11 Å². The van der Waals surface area contributed by atoms with Crippen molar-refractivity contribution in [2.45, 2.75) is 25.8 Å². The van der Waals surface area contributed by atoms with Crippen LogP contribution in [0.4, 0.5) is 0 Å². The lowest BCUT2D eigenvalue weighted by molar-refractivity contribution is 0.275. The van der Waals surface area contributed by atoms with Crippen LogP contribution in [-0.4, -0.2) is 25.9 Å². The van der Waals surface area contributed by atoms with Crippen molar-refractivity contribution in [1.29, 1.82) is 0 Å². The van der Waals surface area contributed by atoms with Gasteiger partial charge in [-0.15, -0.1) is 0 Å². The van der Waals surface area contributed by atoms with Crippen LogP contribution in [0.3, 0.4) is 0 Å². The quantitative estimate of drug-likeness (QED) is 0.823. The van der Waals surface area contributed by atoms with Gasteiger partial charge in [-0.2, -0.15) is 0 Å². The molecule has 2 N–H and O–H groups in total. The molecule has 3 nitrogen and oxygen atoms in total. The summed E-state index contributed by atoms with van der Waals surface area (Å²) < 4.78 is 5.43. The molecule has 4 heteroatoms. The van der Waals surface area contributed by atoms with E-state index in [-0.39, 0.29) is 12.6 Å². The summed E-state index contributed by atoms with van der Waals surface area (Å²) in [7, 11) is 3.57. The lowest BCUT2D eigenvalue weighted by Crippen LogP contribution is -2.18. The van der Waals surface area contributed by atoms with Gasteiger partial charge in [-0.3, -0.25) is 0 Å². The summed E-state index contributed by atoms with van der Waals surface area (Å²) in [5, 5.41) is 12.9. The number of hydrogen-bond acceptors (Lipinski definition) is 3. The maximum Gasteiger partial charge on any atom is 0.126 e. The third kappa shape index (κ3) is 3.60. The van der Waals surface area contributed by atoms with E-state index in [1.165, 1.54) is 0 Å². The van der Waals surface area contributed by atoms with Gasteiger partial charge in [0.25, 0.3) is 0 Å². The summed E-state index contributed by atoms with van der Waals surface area (Å²) in [5.74, 6) is 0.867. The summed E-state index contributed by atoms with van der Waals surface area (Å²) in [5.41, 5.74) is 2.08. The largest absolute Gasteiger partial charge is 0.496 e. The van der Waals surface area contributed by atoms with Gasteiger partial charge in [0.2, 0.25) is 0 Å². The highest BCUT2D eigenvalue weighted by atomic mass is 35.5. The van der Waals surface area contributed by atoms with Crippen molar-refractivity contribution in [3.05, 3.63) is 28.3 Å². The fourth-order valence-corrected chi connectivity index (χ4v) is 2.33. The lowest BCUT2D eigenvalue weighted by atomic mass is 9.99. The van der Waals surface area contributed by atoms with Crippen LogP contribution >= 0.6 is 11.6 Å². The molecular weight excluding hydrogens is 238 g/mol. The van der Waals surface area contributed by atoms with Crippen LogP contribution in [0.15, 0.2) is 12.1 Å². The number of aryl methyl sites for hydroxylation is 1. The van der Waals surface area contributed by atoms with Crippen LogP contribution in [-0.2, 0) is 0 Å². The summed E-state index contributed by atoms with van der Waals surface area (Å²) in [6, 6.07) is 3.96. The van der Waals surface area contributed by atoms with Gasteiger partial charge in [-0.1, -0.05) is 11.6 Å². The first-order chi connectivity index (χ1) is 8.13. The van der Waals surface area contributed by atoms with E-state index in [1.54, 1.807) is 7.11 Å². The van der Waals surface area contributed by atoms with Gasteiger partial charge >= 0.3 is 0 Å². The topological polar surface area (TPSA) is 41.5 Å². The van der Waals surface area contributed by atoms with Gasteiger partial charge in [-0.25, -0.2) is 0 Å². The molecule has 0 aromatic heterocycles. The van der Waals surface area contributed by atoms with E-state index < -0.39 is 0 Å². The monoisotopic (exact) mass is 257 g/mol. The van der Waals surface area contributed by atoms with E-state index in [2.05, 4.69) is 5.32 Å². The van der Waals surface area contributed by atoms with Crippen LogP contribution < -0.4 is 10.1 Å². The summed E-state index contributed by atoms with van der Waals surface area (Å²) in [4.78, 5) is 0. The molecule has 0 amide bonds. The lowest BCUT2D eigenvalue weighted by Gasteiger charge is -2.20. The summed E-state index contributed by atoms with van der Waals surface area (Å²) >= 11 is 6.08. The number of aliphatic hydroxyl groups excluding tert-OH is 1. The molecule has 17 heavy (non-hydrogen) atoms. The Kier molecular flexibility index (Phi) is 5.75. The Hall–Kier alpha value is -0.770. The van der Waals surface area contributed by atoms with E-state index in [0.29, 0.717) is 5.02 Å². The number of halogens is 1. The van der Waals surface area contributed by atoms with Crippen LogP contribution in [0, 0.1) is 6.92 Å². The van der Waals surface area contributed by atoms with Crippen LogP contribution in [0.1, 0.15) is 30.0 Å². The van der Waals surface area contributed by atoms with E-state index in [4.69, 9.17) is 21.4 Å². The second kappa shape index (κ2) is 6.84. The summed E-state index contributed by atoms with van der Waals surface area (Å²) in [6.45, 7) is 2.17. The van der Waals surface area contributed by atoms with Crippen LogP contribution in [0.2, 0.25) is 5.02 Å². The Morgan fingerprint density at radius 2 is 2.18 bits per heavy atom. The average molecular weight is 258 g/mol. The highest BCUT2D eigenvalue weighted by Crippen LogP contribution is 2.33. The van der Waals surface area contributed by atoms with Crippen molar-refractivity contribution in [3.63, 3.8) is 0 Å². The van der Waals surface area contributed by atoms with Gasteiger partial charge in [0.15, 0.2) is 0 Å². The predicted octanol–water partition coefficient (Wildman–Crippen LogP) is 2.69. The van der Waals surface area contributed by atoms with Crippen molar-refractivity contribution in [2.75, 3.05) is 20.8 Å². The number of aliphatic hydroxyl groups is 1. The minimum Gasteiger partial charge on any atom is -0.496 e. The van der Waals surface area contributed by atoms with Gasteiger partial charge in [-0.05, 0) is 44.5 Å². The van der Waals surface area contributed by atoms with Crippen LogP contribution in [0.25, 0.3) is 0 Å². The zero-order valence-corrected chi connectivity index (χ0v) is 11.3. The minimum absolute atomic E-state index is 0.148. The number of nitrogens with one attached hydrogen (secondary N) is 1. The molecule has 0 fully saturated rings. The first-order valence-corrected chi connectivity index (χ1v) is 6.14. The molecule has 0 bridgehead atoms. The van der Waals surface area contributed by atoms with E-state index in [9.17, 15) is 0 Å². The zero-order chi connectivity index (χ0) is 12.8. The molecule has 1 rings (SSSR count). The highest BCUT2D eigenvalue weighted by molar-refractivity contribution is 6.30. The number of methoxy groups -OCH3 is 1. The van der Waals surface area contributed by atoms with E-state index in [1.807, 2.05) is 26.1 Å². The third-order valence-corrected chi connectivity index (χ3v) is 3.07. The zero-order valence-electron chi connectivity index (χ0n) is 10.6. The molecule has 0 saturated carbocycles. The van der Waals surface area contributed by atoms with Crippen molar-refractivity contribution in [3.8, 4) is 5.75 Å². The smallest absolute Gasteiger partial charge is 0.126 e. The normalized spacial score (nSPS) is 12.5. The molecule has 0 aliphatic rings. The Labute approximate surface area is 108 Å². The molecular formula is C13H20ClNO2. The average Bonchev–Trinajstić information content (AvgIpc) is 2.29. The molecule has 1 aromatic rings. The molecule has 0 aliphatic carbocycles. The number of benzene rings is 1. The fraction of sp³-hybridized carbons (Fsp3) is 0.538. The van der Waals surface area contributed by atoms with Crippen molar-refractivity contribution in [1.82, 2.24) is 5.32 Å². The van der Waals surface area contributed by atoms with Gasteiger partial charge in [0.1, 0.15) is 5.75 Å². The molecule has 1 atom stereocenters. The number of ether oxygens (including phenoxy) is 1. The number of rotatable bonds is 6. The van der Waals surface area contributed by atoms with Crippen molar-refractivity contribution in [2.24, 2.45) is 0 Å². The number of hydrogen-bond donors (Lipinski definition) is 2. The minimum atomic E-state index is 0.148. The Morgan fingerprint density at radius 1 is 1.47 bits per heavy atom. The predicted molar refractivity (Wildman–Crippen MR) is 70.9 cm³/mol. The van der Waals surface area contributed by atoms with Gasteiger partial charge < -0.3 is 15.2 Å². The molecule has 0 spiro atoms. The molecule has 1 unspecified atom stereocenters. The Morgan fingerprint density at radius 3 is 2.71 bits per heavy atom. The molecule has 96 valence electrons. The molecule has 0 saturated heterocycles. The highest BCUT2D eigenvalue weighted by Gasteiger charge is 2.16. The standard InChI is InChI=1S/C13H20ClNO2/c1-9-7-10(14)8-11(13(9)17-3)12(15-2)5-4-6-16/h7-8,12,15-16H,4-6H2,1-3H3. The van der Waals surface area contributed by atoms with E-state index >= 15 is 0 Å². The maximum atomic E-state index is 8.91. The summed E-state index contributed by atoms with van der Waals surface area (Å²) in [6.07, 6.45) is 1.60. The Balaban J connectivity index is 3.07. The first-order valence-electron chi connectivity index (χ1n) is 5.76. The molecule has 0 radical (unpaired) electrons. The fourth-order valence-electron chi connectivity index (χ4n) is 2.04. The SMILES string of the molecule is CNC(CCCO)c1cc(Cl)cc(C)c1OC. The molecule has 0 heterocycles. The van der Waals surface area contributed by atoms with Crippen LogP contribution in [0.5, 0.6) is 5.75 Å². The maximum absolute atomic E-state index is 8.91. The molecule has 1 aromatic carbocycles. The first kappa shape index (κ1) is 14.3. The van der Waals surface area contributed by atoms with Crippen molar-refractivity contribution >= 4 is 11.6 Å². The van der Waals surface area contributed by atoms with E-state index in [0.717, 1.165) is 29.7 Å². The second-order valence-corrected chi connectivity index (χ2v) is 4.49. The Bertz CT molecular complexity index is 369. The molecule has 0 aliphatic heterocycles. The van der Waals surface area contributed by atoms with Gasteiger partial charge in [0, 0.05) is 23.2 Å². The van der Waals surface area contributed by atoms with Crippen molar-refractivity contribution < 1.29 is 9.84 Å². The third-order valence-electron chi connectivity index (χ3n) is 2.85.